The topological polar surface area (TPSA) is 88.6 Å². The van der Waals surface area contributed by atoms with Crippen molar-refractivity contribution in [2.75, 3.05) is 41.8 Å². The first kappa shape index (κ1) is 26.0. The maximum atomic E-state index is 14.5. The second kappa shape index (κ2) is 11.9. The first-order valence-corrected chi connectivity index (χ1v) is 13.9. The van der Waals surface area contributed by atoms with Gasteiger partial charge in [-0.25, -0.2) is 9.37 Å². The lowest BCUT2D eigenvalue weighted by atomic mass is 9.96. The zero-order valence-electron chi connectivity index (χ0n) is 22.2. The minimum Gasteiger partial charge on any atom is -0.438 e. The van der Waals surface area contributed by atoms with E-state index in [-0.39, 0.29) is 11.5 Å². The largest absolute Gasteiger partial charge is 0.438 e. The van der Waals surface area contributed by atoms with Crippen LogP contribution in [-0.4, -0.2) is 48.2 Å². The third kappa shape index (κ3) is 5.99. The third-order valence-corrected chi connectivity index (χ3v) is 7.44. The van der Waals surface area contributed by atoms with Crippen LogP contribution in [0.5, 0.6) is 11.6 Å². The number of anilines is 3. The number of fused-ring (bicyclic) bond motifs is 1. The molecule has 8 nitrogen and oxygen atoms in total. The van der Waals surface area contributed by atoms with Crippen LogP contribution in [0.1, 0.15) is 42.5 Å². The Morgan fingerprint density at radius 1 is 0.975 bits per heavy atom. The summed E-state index contributed by atoms with van der Waals surface area (Å²) in [5.74, 6) is 0.762. The Morgan fingerprint density at radius 2 is 1.77 bits per heavy atom. The molecule has 2 N–H and O–H groups in total. The molecular weight excluding hydrogens is 509 g/mol. The molecule has 2 heterocycles. The summed E-state index contributed by atoms with van der Waals surface area (Å²) in [7, 11) is 0. The summed E-state index contributed by atoms with van der Waals surface area (Å²) in [5, 5.41) is 8.01. The van der Waals surface area contributed by atoms with E-state index in [9.17, 15) is 9.18 Å². The van der Waals surface area contributed by atoms with Crippen LogP contribution in [0.25, 0.3) is 10.8 Å². The van der Waals surface area contributed by atoms with Gasteiger partial charge in [-0.3, -0.25) is 4.79 Å². The molecule has 1 aliphatic carbocycles. The van der Waals surface area contributed by atoms with Crippen LogP contribution in [-0.2, 0) is 4.74 Å². The van der Waals surface area contributed by atoms with Gasteiger partial charge in [-0.05, 0) is 43.2 Å². The van der Waals surface area contributed by atoms with Crippen molar-refractivity contribution in [1.82, 2.24) is 9.97 Å². The summed E-state index contributed by atoms with van der Waals surface area (Å²) >= 11 is 0. The van der Waals surface area contributed by atoms with Crippen molar-refractivity contribution in [1.29, 1.82) is 0 Å². The zero-order valence-corrected chi connectivity index (χ0v) is 22.2. The summed E-state index contributed by atoms with van der Waals surface area (Å²) in [5.41, 5.74) is 1.53. The average Bonchev–Trinajstić information content (AvgIpc) is 2.99. The second-order valence-corrected chi connectivity index (χ2v) is 10.2. The fourth-order valence-corrected chi connectivity index (χ4v) is 5.38. The maximum Gasteiger partial charge on any atom is 0.255 e. The fourth-order valence-electron chi connectivity index (χ4n) is 5.38. The fraction of sp³-hybridized carbons (Fsp3) is 0.323. The first-order valence-electron chi connectivity index (χ1n) is 13.9. The van der Waals surface area contributed by atoms with Crippen molar-refractivity contribution >= 4 is 34.0 Å². The Labute approximate surface area is 232 Å². The lowest BCUT2D eigenvalue weighted by molar-refractivity contribution is 0.102. The van der Waals surface area contributed by atoms with Crippen LogP contribution in [0.15, 0.2) is 66.9 Å². The number of rotatable bonds is 7. The average molecular weight is 542 g/mol. The van der Waals surface area contributed by atoms with Crippen molar-refractivity contribution < 1.29 is 18.7 Å². The van der Waals surface area contributed by atoms with Crippen LogP contribution >= 0.6 is 0 Å². The molecule has 0 spiro atoms. The molecule has 0 unspecified atom stereocenters. The highest BCUT2D eigenvalue weighted by Gasteiger charge is 2.18. The van der Waals surface area contributed by atoms with Crippen LogP contribution < -0.4 is 20.3 Å². The van der Waals surface area contributed by atoms with E-state index in [2.05, 4.69) is 20.6 Å². The summed E-state index contributed by atoms with van der Waals surface area (Å²) in [6, 6.07) is 17.8. The van der Waals surface area contributed by atoms with Gasteiger partial charge in [0.1, 0.15) is 11.6 Å². The molecule has 1 saturated carbocycles. The van der Waals surface area contributed by atoms with Gasteiger partial charge in [-0.2, -0.15) is 4.98 Å². The summed E-state index contributed by atoms with van der Waals surface area (Å²) < 4.78 is 26.1. The number of carbonyl (C=O) groups excluding carboxylic acids is 1. The van der Waals surface area contributed by atoms with Gasteiger partial charge in [0.05, 0.1) is 13.2 Å². The quantitative estimate of drug-likeness (QED) is 0.280. The molecule has 2 fully saturated rings. The summed E-state index contributed by atoms with van der Waals surface area (Å²) in [6.07, 6.45) is 7.65. The Bertz CT molecular complexity index is 1500. The molecule has 9 heteroatoms. The Balaban J connectivity index is 1.22. The van der Waals surface area contributed by atoms with E-state index < -0.39 is 5.82 Å². The van der Waals surface area contributed by atoms with Crippen molar-refractivity contribution in [2.45, 2.75) is 38.1 Å². The Hall–Kier alpha value is -4.24. The number of morpholine rings is 1. The number of nitrogens with zero attached hydrogens (tertiary/aromatic N) is 3. The number of amides is 1. The molecule has 2 aliphatic rings. The molecule has 0 atom stereocenters. The second-order valence-electron chi connectivity index (χ2n) is 10.2. The van der Waals surface area contributed by atoms with E-state index in [1.165, 1.54) is 31.4 Å². The maximum absolute atomic E-state index is 14.5. The van der Waals surface area contributed by atoms with E-state index >= 15 is 0 Å². The van der Waals surface area contributed by atoms with Crippen molar-refractivity contribution in [3.8, 4) is 11.6 Å². The molecular formula is C31H32FN5O3. The lowest BCUT2D eigenvalue weighted by Crippen LogP contribution is -2.36. The van der Waals surface area contributed by atoms with E-state index in [1.54, 1.807) is 30.5 Å². The SMILES string of the molecule is O=C(Nc1ccc(Oc2ccnc(NC3CCCCC3)n2)c2ccccc12)c1cc(F)cc(N2CCOCC2)c1. The number of ether oxygens (including phenoxy) is 2. The molecule has 0 bridgehead atoms. The van der Waals surface area contributed by atoms with Gasteiger partial charge in [-0.15, -0.1) is 0 Å². The van der Waals surface area contributed by atoms with Gasteiger partial charge in [0, 0.05) is 59.1 Å². The van der Waals surface area contributed by atoms with Crippen molar-refractivity contribution in [3.63, 3.8) is 0 Å². The van der Waals surface area contributed by atoms with Crippen molar-refractivity contribution in [3.05, 3.63) is 78.2 Å². The minimum absolute atomic E-state index is 0.255. The monoisotopic (exact) mass is 541 g/mol. The van der Waals surface area contributed by atoms with Gasteiger partial charge in [0.2, 0.25) is 11.8 Å². The minimum atomic E-state index is -0.454. The van der Waals surface area contributed by atoms with E-state index in [0.29, 0.717) is 61.3 Å². The van der Waals surface area contributed by atoms with Gasteiger partial charge >= 0.3 is 0 Å². The molecule has 3 aromatic carbocycles. The van der Waals surface area contributed by atoms with Crippen LogP contribution in [0.2, 0.25) is 0 Å². The predicted molar refractivity (Wildman–Crippen MR) is 154 cm³/mol. The number of benzene rings is 3. The van der Waals surface area contributed by atoms with Crippen LogP contribution in [0, 0.1) is 5.82 Å². The van der Waals surface area contributed by atoms with E-state index in [4.69, 9.17) is 9.47 Å². The number of aromatic nitrogens is 2. The van der Waals surface area contributed by atoms with Crippen molar-refractivity contribution in [2.24, 2.45) is 0 Å². The Kier molecular flexibility index (Phi) is 7.72. The molecule has 4 aromatic rings. The zero-order chi connectivity index (χ0) is 27.3. The lowest BCUT2D eigenvalue weighted by Gasteiger charge is -2.29. The van der Waals surface area contributed by atoms with E-state index in [1.807, 2.05) is 29.2 Å². The van der Waals surface area contributed by atoms with Gasteiger partial charge in [0.25, 0.3) is 5.91 Å². The summed E-state index contributed by atoms with van der Waals surface area (Å²) in [6.45, 7) is 2.46. The Morgan fingerprint density at radius 3 is 2.60 bits per heavy atom. The number of nitrogens with one attached hydrogen (secondary N) is 2. The number of carbonyl (C=O) groups is 1. The normalized spacial score (nSPS) is 16.1. The molecule has 1 aliphatic heterocycles. The van der Waals surface area contributed by atoms with E-state index in [0.717, 1.165) is 23.6 Å². The van der Waals surface area contributed by atoms with Crippen LogP contribution in [0.4, 0.5) is 21.7 Å². The highest BCUT2D eigenvalue weighted by molar-refractivity contribution is 6.10. The molecule has 206 valence electrons. The highest BCUT2D eigenvalue weighted by atomic mass is 19.1. The summed E-state index contributed by atoms with van der Waals surface area (Å²) in [4.78, 5) is 24.2. The third-order valence-electron chi connectivity index (χ3n) is 7.44. The number of halogens is 1. The standard InChI is InChI=1S/C31H32FN5O3/c32-22-18-21(19-24(20-22)37-14-16-39-17-15-37)30(38)35-27-10-11-28(26-9-5-4-8-25(26)27)40-29-12-13-33-31(36-29)34-23-6-2-1-3-7-23/h4-5,8-13,18-20,23H,1-3,6-7,14-17H2,(H,35,38)(H,33,34,36). The molecule has 1 saturated heterocycles. The van der Waals surface area contributed by atoms with Gasteiger partial charge in [-0.1, -0.05) is 43.5 Å². The van der Waals surface area contributed by atoms with Crippen LogP contribution in [0.3, 0.4) is 0 Å². The van der Waals surface area contributed by atoms with Gasteiger partial charge < -0.3 is 25.0 Å². The molecule has 1 aromatic heterocycles. The molecule has 6 rings (SSSR count). The van der Waals surface area contributed by atoms with Gasteiger partial charge in [0.15, 0.2) is 0 Å². The molecule has 0 radical (unpaired) electrons. The molecule has 1 amide bonds. The highest BCUT2D eigenvalue weighted by Crippen LogP contribution is 2.34. The molecule has 40 heavy (non-hydrogen) atoms. The number of hydrogen-bond donors (Lipinski definition) is 2. The predicted octanol–water partition coefficient (Wildman–Crippen LogP) is 6.39. The number of hydrogen-bond acceptors (Lipinski definition) is 7. The first-order chi connectivity index (χ1) is 19.6. The smallest absolute Gasteiger partial charge is 0.255 e.